The molecule has 2 aliphatic heterocycles. The molecule has 3 N–H and O–H groups in total. The minimum atomic E-state index is -3.79. The second-order valence-corrected chi connectivity index (χ2v) is 11.1. The number of aryl methyl sites for hydroxylation is 1. The number of thioether (sulfide) groups is 1. The first-order chi connectivity index (χ1) is 15.2. The number of sulfonamides is 1. The van der Waals surface area contributed by atoms with Gasteiger partial charge in [0.05, 0.1) is 6.04 Å². The lowest BCUT2D eigenvalue weighted by molar-refractivity contribution is -0.127. The summed E-state index contributed by atoms with van der Waals surface area (Å²) < 4.78 is 42.7. The molecule has 1 aromatic heterocycles. The minimum absolute atomic E-state index is 0.00930. The zero-order valence-electron chi connectivity index (χ0n) is 17.6. The number of halogens is 1. The molecule has 1 saturated heterocycles. The molecule has 2 amide bonds. The van der Waals surface area contributed by atoms with E-state index < -0.39 is 15.9 Å². The fraction of sp³-hybridized carbons (Fsp3) is 0.429. The van der Waals surface area contributed by atoms with E-state index in [1.165, 1.54) is 39.0 Å². The third-order valence-corrected chi connectivity index (χ3v) is 9.06. The first-order valence-electron chi connectivity index (χ1n) is 10.4. The van der Waals surface area contributed by atoms with Crippen molar-refractivity contribution in [3.63, 3.8) is 0 Å². The normalized spacial score (nSPS) is 20.0. The molecule has 172 valence electrons. The van der Waals surface area contributed by atoms with E-state index in [2.05, 4.69) is 5.32 Å². The Hall–Kier alpha value is -2.37. The Labute approximate surface area is 190 Å². The average Bonchev–Trinajstić information content (AvgIpc) is 3.17. The van der Waals surface area contributed by atoms with E-state index in [0.29, 0.717) is 17.7 Å². The van der Waals surface area contributed by atoms with Gasteiger partial charge in [-0.2, -0.15) is 4.31 Å². The third kappa shape index (κ3) is 4.28. The van der Waals surface area contributed by atoms with Crippen molar-refractivity contribution in [2.75, 3.05) is 18.8 Å². The van der Waals surface area contributed by atoms with E-state index in [-0.39, 0.29) is 47.4 Å². The lowest BCUT2D eigenvalue weighted by atomic mass is 9.95. The number of aromatic nitrogens is 1. The maximum Gasteiger partial charge on any atom is 0.265 e. The molecule has 2 aliphatic rings. The van der Waals surface area contributed by atoms with Crippen LogP contribution in [0.4, 0.5) is 4.39 Å². The largest absolute Gasteiger partial charge is 0.364 e. The van der Waals surface area contributed by atoms with Gasteiger partial charge >= 0.3 is 0 Å². The summed E-state index contributed by atoms with van der Waals surface area (Å²) >= 11 is 1.46. The van der Waals surface area contributed by atoms with Crippen molar-refractivity contribution in [3.05, 3.63) is 47.5 Å². The van der Waals surface area contributed by atoms with E-state index in [9.17, 15) is 22.4 Å². The van der Waals surface area contributed by atoms with Gasteiger partial charge in [-0.05, 0) is 37.0 Å². The van der Waals surface area contributed by atoms with Gasteiger partial charge in [-0.1, -0.05) is 12.1 Å². The lowest BCUT2D eigenvalue weighted by Crippen LogP contribution is -2.44. The Kier molecular flexibility index (Phi) is 6.33. The van der Waals surface area contributed by atoms with Crippen LogP contribution in [0.3, 0.4) is 0 Å². The molecular weight excluding hydrogens is 455 g/mol. The predicted molar refractivity (Wildman–Crippen MR) is 118 cm³/mol. The first-order valence-corrected chi connectivity index (χ1v) is 12.8. The Morgan fingerprint density at radius 1 is 1.22 bits per heavy atom. The van der Waals surface area contributed by atoms with E-state index in [1.807, 2.05) is 6.07 Å². The van der Waals surface area contributed by atoms with Crippen LogP contribution in [-0.4, -0.2) is 47.9 Å². The van der Waals surface area contributed by atoms with Gasteiger partial charge in [0.1, 0.15) is 16.4 Å². The summed E-state index contributed by atoms with van der Waals surface area (Å²) in [6, 6.07) is 5.94. The number of piperidine rings is 1. The summed E-state index contributed by atoms with van der Waals surface area (Å²) in [6.45, 7) is 0.403. The van der Waals surface area contributed by atoms with Crippen LogP contribution < -0.4 is 11.1 Å². The smallest absolute Gasteiger partial charge is 0.265 e. The zero-order valence-corrected chi connectivity index (χ0v) is 19.2. The molecule has 4 rings (SSSR count). The molecule has 11 heteroatoms. The average molecular weight is 481 g/mol. The molecule has 0 aliphatic carbocycles. The topological polar surface area (TPSA) is 114 Å². The van der Waals surface area contributed by atoms with Gasteiger partial charge in [-0.15, -0.1) is 11.8 Å². The number of primary amides is 1. The highest BCUT2D eigenvalue weighted by Crippen LogP contribution is 2.38. The van der Waals surface area contributed by atoms with Crippen molar-refractivity contribution in [3.8, 4) is 0 Å². The van der Waals surface area contributed by atoms with Gasteiger partial charge in [0.2, 0.25) is 15.9 Å². The zero-order chi connectivity index (χ0) is 23.0. The number of nitrogens with two attached hydrogens (primary N) is 1. The van der Waals surface area contributed by atoms with Gasteiger partial charge in [0, 0.05) is 42.9 Å². The van der Waals surface area contributed by atoms with Crippen molar-refractivity contribution in [2.24, 2.45) is 18.7 Å². The summed E-state index contributed by atoms with van der Waals surface area (Å²) in [6.07, 6.45) is 2.86. The summed E-state index contributed by atoms with van der Waals surface area (Å²) in [5.74, 6) is -0.702. The molecule has 1 unspecified atom stereocenters. The standard InChI is InChI=1S/C21H25FN4O4S2/c1-25-12-14(11-18(25)20(23)27)32(29,30)26-8-5-13(6-9-26)21(28)24-17-7-10-31-19-15(17)3-2-4-16(19)22/h2-4,11-13,17H,5-10H2,1H3,(H2,23,27)(H,24,28). The molecule has 0 bridgehead atoms. The number of carbonyl (C=O) groups is 2. The highest BCUT2D eigenvalue weighted by molar-refractivity contribution is 7.99. The highest BCUT2D eigenvalue weighted by Gasteiger charge is 2.34. The van der Waals surface area contributed by atoms with Crippen LogP contribution >= 0.6 is 11.8 Å². The van der Waals surface area contributed by atoms with Crippen molar-refractivity contribution >= 4 is 33.6 Å². The van der Waals surface area contributed by atoms with Crippen molar-refractivity contribution in [1.82, 2.24) is 14.2 Å². The quantitative estimate of drug-likeness (QED) is 0.680. The van der Waals surface area contributed by atoms with E-state index >= 15 is 0 Å². The van der Waals surface area contributed by atoms with E-state index in [0.717, 1.165) is 17.7 Å². The lowest BCUT2D eigenvalue weighted by Gasteiger charge is -2.32. The van der Waals surface area contributed by atoms with Crippen LogP contribution in [0, 0.1) is 11.7 Å². The summed E-state index contributed by atoms with van der Waals surface area (Å²) in [5.41, 5.74) is 6.19. The number of hydrogen-bond acceptors (Lipinski definition) is 5. The van der Waals surface area contributed by atoms with Crippen molar-refractivity contribution in [2.45, 2.75) is 35.1 Å². The van der Waals surface area contributed by atoms with Crippen LogP contribution in [0.2, 0.25) is 0 Å². The molecule has 1 aromatic carbocycles. The number of nitrogens with zero attached hydrogens (tertiary/aromatic N) is 2. The minimum Gasteiger partial charge on any atom is -0.364 e. The maximum atomic E-state index is 14.1. The molecule has 8 nitrogen and oxygen atoms in total. The summed E-state index contributed by atoms with van der Waals surface area (Å²) in [7, 11) is -2.23. The molecule has 3 heterocycles. The predicted octanol–water partition coefficient (Wildman–Crippen LogP) is 2.02. The second-order valence-electron chi connectivity index (χ2n) is 8.07. The molecule has 1 fully saturated rings. The van der Waals surface area contributed by atoms with Crippen LogP contribution in [0.1, 0.15) is 41.4 Å². The SMILES string of the molecule is Cn1cc(S(=O)(=O)N2CCC(C(=O)NC3CCSc4c(F)cccc43)CC2)cc1C(N)=O. The fourth-order valence-corrected chi connectivity index (χ4v) is 6.94. The van der Waals surface area contributed by atoms with Crippen LogP contribution in [0.25, 0.3) is 0 Å². The van der Waals surface area contributed by atoms with Crippen LogP contribution in [0.5, 0.6) is 0 Å². The molecule has 0 radical (unpaired) electrons. The van der Waals surface area contributed by atoms with E-state index in [1.54, 1.807) is 13.1 Å². The van der Waals surface area contributed by atoms with Gasteiger partial charge in [-0.25, -0.2) is 12.8 Å². The molecule has 0 spiro atoms. The molecule has 32 heavy (non-hydrogen) atoms. The maximum absolute atomic E-state index is 14.1. The van der Waals surface area contributed by atoms with Crippen molar-refractivity contribution in [1.29, 1.82) is 0 Å². The Morgan fingerprint density at radius 3 is 2.59 bits per heavy atom. The van der Waals surface area contributed by atoms with Crippen LogP contribution in [0.15, 0.2) is 40.3 Å². The van der Waals surface area contributed by atoms with Crippen LogP contribution in [-0.2, 0) is 21.9 Å². The molecule has 0 saturated carbocycles. The number of amides is 2. The first kappa shape index (κ1) is 22.8. The highest BCUT2D eigenvalue weighted by atomic mass is 32.2. The molecule has 1 atom stereocenters. The third-order valence-electron chi connectivity index (χ3n) is 6.04. The monoisotopic (exact) mass is 480 g/mol. The molecular formula is C21H25FN4O4S2. The second kappa shape index (κ2) is 8.87. The van der Waals surface area contributed by atoms with Gasteiger partial charge in [-0.3, -0.25) is 9.59 Å². The number of rotatable bonds is 5. The number of benzene rings is 1. The number of fused-ring (bicyclic) bond motifs is 1. The number of carbonyl (C=O) groups excluding carboxylic acids is 2. The molecule has 2 aromatic rings. The number of hydrogen-bond donors (Lipinski definition) is 2. The van der Waals surface area contributed by atoms with Gasteiger partial charge in [0.25, 0.3) is 5.91 Å². The Balaban J connectivity index is 1.40. The summed E-state index contributed by atoms with van der Waals surface area (Å²) in [5, 5.41) is 3.04. The summed E-state index contributed by atoms with van der Waals surface area (Å²) in [4.78, 5) is 24.9. The Morgan fingerprint density at radius 2 is 1.94 bits per heavy atom. The fourth-order valence-electron chi connectivity index (χ4n) is 4.25. The van der Waals surface area contributed by atoms with Crippen molar-refractivity contribution < 1.29 is 22.4 Å². The Bertz CT molecular complexity index is 1160. The number of nitrogens with one attached hydrogen (secondary N) is 1. The van der Waals surface area contributed by atoms with E-state index in [4.69, 9.17) is 5.73 Å². The van der Waals surface area contributed by atoms with Gasteiger partial charge < -0.3 is 15.6 Å². The van der Waals surface area contributed by atoms with Gasteiger partial charge in [0.15, 0.2) is 0 Å².